The smallest absolute Gasteiger partial charge is 0.212 e. The lowest BCUT2D eigenvalue weighted by Gasteiger charge is -2.30. The van der Waals surface area contributed by atoms with Crippen LogP contribution >= 0.6 is 11.3 Å². The normalized spacial score (nSPS) is 16.1. The third kappa shape index (κ3) is 2.58. The van der Waals surface area contributed by atoms with E-state index in [4.69, 9.17) is 9.47 Å². The van der Waals surface area contributed by atoms with Gasteiger partial charge >= 0.3 is 0 Å². The van der Waals surface area contributed by atoms with Crippen molar-refractivity contribution >= 4 is 16.2 Å². The molecule has 0 radical (unpaired) electrons. The van der Waals surface area contributed by atoms with Gasteiger partial charge in [-0.15, -0.1) is 11.3 Å². The number of ether oxygens (including phenoxy) is 2. The monoisotopic (exact) mass is 268 g/mol. The van der Waals surface area contributed by atoms with Gasteiger partial charge in [0.15, 0.2) is 0 Å². The number of nitrogens with zero attached hydrogens (tertiary/aromatic N) is 2. The number of aromatic nitrogens is 2. The lowest BCUT2D eigenvalue weighted by molar-refractivity contribution is -0.231. The number of thiazole rings is 1. The van der Waals surface area contributed by atoms with Crippen LogP contribution in [0.2, 0.25) is 0 Å². The van der Waals surface area contributed by atoms with Crippen molar-refractivity contribution in [2.75, 3.05) is 13.7 Å². The third-order valence-electron chi connectivity index (χ3n) is 2.75. The number of hydrogen-bond acceptors (Lipinski definition) is 4. The van der Waals surface area contributed by atoms with E-state index < -0.39 is 5.79 Å². The average molecular weight is 268 g/mol. The largest absolute Gasteiger partial charge is 0.348 e. The van der Waals surface area contributed by atoms with Crippen molar-refractivity contribution in [2.45, 2.75) is 33.5 Å². The van der Waals surface area contributed by atoms with Crippen LogP contribution < -0.4 is 0 Å². The minimum Gasteiger partial charge on any atom is -0.348 e. The minimum atomic E-state index is -0.799. The Bertz CT molecular complexity index is 526. The summed E-state index contributed by atoms with van der Waals surface area (Å²) in [6.07, 6.45) is 3.77. The maximum atomic E-state index is 5.97. The molecule has 0 aliphatic rings. The van der Waals surface area contributed by atoms with Gasteiger partial charge in [-0.05, 0) is 12.3 Å². The zero-order valence-corrected chi connectivity index (χ0v) is 12.4. The SMILES string of the molecule is COC(C)(OCC(C)(C)C)c1ncn2ccsc12. The summed E-state index contributed by atoms with van der Waals surface area (Å²) >= 11 is 1.64. The summed E-state index contributed by atoms with van der Waals surface area (Å²) in [5, 5.41) is 2.03. The van der Waals surface area contributed by atoms with Crippen molar-refractivity contribution in [3.05, 3.63) is 23.6 Å². The number of imidazole rings is 1. The van der Waals surface area contributed by atoms with Crippen LogP contribution in [0.4, 0.5) is 0 Å². The first kappa shape index (κ1) is 13.5. The van der Waals surface area contributed by atoms with Gasteiger partial charge in [-0.2, -0.15) is 0 Å². The molecule has 0 fully saturated rings. The molecule has 0 bridgehead atoms. The van der Waals surface area contributed by atoms with Gasteiger partial charge in [0.05, 0.1) is 6.61 Å². The molecule has 100 valence electrons. The van der Waals surface area contributed by atoms with E-state index in [1.807, 2.05) is 22.9 Å². The summed E-state index contributed by atoms with van der Waals surface area (Å²) in [7, 11) is 1.65. The zero-order valence-electron chi connectivity index (χ0n) is 11.6. The second-order valence-electron chi connectivity index (χ2n) is 5.71. The maximum Gasteiger partial charge on any atom is 0.212 e. The Labute approximate surface area is 112 Å². The molecule has 2 rings (SSSR count). The van der Waals surface area contributed by atoms with Gasteiger partial charge in [0.2, 0.25) is 5.79 Å². The van der Waals surface area contributed by atoms with Gasteiger partial charge in [0.25, 0.3) is 0 Å². The highest BCUT2D eigenvalue weighted by atomic mass is 32.1. The topological polar surface area (TPSA) is 35.8 Å². The lowest BCUT2D eigenvalue weighted by atomic mass is 9.98. The number of fused-ring (bicyclic) bond motifs is 1. The van der Waals surface area contributed by atoms with E-state index in [0.29, 0.717) is 6.61 Å². The fourth-order valence-corrected chi connectivity index (χ4v) is 2.52. The summed E-state index contributed by atoms with van der Waals surface area (Å²) in [4.78, 5) is 5.49. The number of rotatable bonds is 4. The Balaban J connectivity index is 2.29. The molecule has 1 unspecified atom stereocenters. The standard InChI is InChI=1S/C13H20N2O2S/c1-12(2,3)8-17-13(4,16-5)10-11-15(9-14-10)6-7-18-11/h6-7,9H,8H2,1-5H3. The van der Waals surface area contributed by atoms with Gasteiger partial charge < -0.3 is 9.47 Å². The lowest BCUT2D eigenvalue weighted by Crippen LogP contribution is -2.32. The predicted molar refractivity (Wildman–Crippen MR) is 72.8 cm³/mol. The fourth-order valence-electron chi connectivity index (χ4n) is 1.62. The molecule has 0 aliphatic carbocycles. The molecule has 4 nitrogen and oxygen atoms in total. The summed E-state index contributed by atoms with van der Waals surface area (Å²) in [5.41, 5.74) is 0.929. The Morgan fingerprint density at radius 3 is 2.67 bits per heavy atom. The highest BCUT2D eigenvalue weighted by Crippen LogP contribution is 2.32. The van der Waals surface area contributed by atoms with Gasteiger partial charge in [0.1, 0.15) is 16.9 Å². The molecule has 0 spiro atoms. The second kappa shape index (κ2) is 4.64. The van der Waals surface area contributed by atoms with E-state index in [9.17, 15) is 0 Å². The van der Waals surface area contributed by atoms with Crippen molar-refractivity contribution in [1.29, 1.82) is 0 Å². The fraction of sp³-hybridized carbons (Fsp3) is 0.615. The van der Waals surface area contributed by atoms with Crippen LogP contribution in [-0.4, -0.2) is 23.1 Å². The van der Waals surface area contributed by atoms with E-state index in [-0.39, 0.29) is 5.41 Å². The molecule has 0 amide bonds. The van der Waals surface area contributed by atoms with Crippen LogP contribution in [-0.2, 0) is 15.3 Å². The van der Waals surface area contributed by atoms with E-state index in [1.54, 1.807) is 24.8 Å². The van der Waals surface area contributed by atoms with Crippen molar-refractivity contribution < 1.29 is 9.47 Å². The molecule has 0 aromatic carbocycles. The molecule has 0 saturated carbocycles. The molecule has 0 saturated heterocycles. The Kier molecular flexibility index (Phi) is 3.49. The first-order chi connectivity index (χ1) is 8.36. The molecule has 0 N–H and O–H groups in total. The van der Waals surface area contributed by atoms with E-state index >= 15 is 0 Å². The van der Waals surface area contributed by atoms with Crippen LogP contribution in [0.15, 0.2) is 17.9 Å². The summed E-state index contributed by atoms with van der Waals surface area (Å²) < 4.78 is 13.5. The minimum absolute atomic E-state index is 0.0914. The van der Waals surface area contributed by atoms with Crippen molar-refractivity contribution in [3.8, 4) is 0 Å². The molecule has 5 heteroatoms. The third-order valence-corrected chi connectivity index (χ3v) is 3.63. The highest BCUT2D eigenvalue weighted by Gasteiger charge is 2.33. The molecular formula is C13H20N2O2S. The van der Waals surface area contributed by atoms with Crippen LogP contribution in [0.25, 0.3) is 4.83 Å². The van der Waals surface area contributed by atoms with Crippen molar-refractivity contribution in [3.63, 3.8) is 0 Å². The summed E-state index contributed by atoms with van der Waals surface area (Å²) in [6, 6.07) is 0. The van der Waals surface area contributed by atoms with Gasteiger partial charge in [0, 0.05) is 18.7 Å². The Morgan fingerprint density at radius 2 is 2.06 bits per heavy atom. The van der Waals surface area contributed by atoms with E-state index in [1.165, 1.54) is 0 Å². The van der Waals surface area contributed by atoms with Crippen LogP contribution in [0.1, 0.15) is 33.4 Å². The number of hydrogen-bond donors (Lipinski definition) is 0. The first-order valence-electron chi connectivity index (χ1n) is 5.95. The van der Waals surface area contributed by atoms with Crippen molar-refractivity contribution in [2.24, 2.45) is 5.41 Å². The molecular weight excluding hydrogens is 248 g/mol. The van der Waals surface area contributed by atoms with Gasteiger partial charge in [-0.25, -0.2) is 4.98 Å². The predicted octanol–water partition coefficient (Wildman–Crippen LogP) is 3.28. The average Bonchev–Trinajstić information content (AvgIpc) is 2.86. The second-order valence-corrected chi connectivity index (χ2v) is 6.60. The van der Waals surface area contributed by atoms with E-state index in [2.05, 4.69) is 25.8 Å². The number of methoxy groups -OCH3 is 1. The van der Waals surface area contributed by atoms with Gasteiger partial charge in [-0.1, -0.05) is 20.8 Å². The first-order valence-corrected chi connectivity index (χ1v) is 6.83. The molecule has 1 atom stereocenters. The molecule has 18 heavy (non-hydrogen) atoms. The summed E-state index contributed by atoms with van der Waals surface area (Å²) in [6.45, 7) is 8.94. The zero-order chi connectivity index (χ0) is 13.4. The Hall–Kier alpha value is -0.910. The van der Waals surface area contributed by atoms with Gasteiger partial charge in [-0.3, -0.25) is 4.40 Å². The van der Waals surface area contributed by atoms with Crippen LogP contribution in [0.3, 0.4) is 0 Å². The molecule has 0 aliphatic heterocycles. The Morgan fingerprint density at radius 1 is 1.33 bits per heavy atom. The molecule has 2 heterocycles. The quantitative estimate of drug-likeness (QED) is 0.798. The van der Waals surface area contributed by atoms with Crippen molar-refractivity contribution in [1.82, 2.24) is 9.38 Å². The summed E-state index contributed by atoms with van der Waals surface area (Å²) in [5.74, 6) is -0.799. The van der Waals surface area contributed by atoms with Crippen LogP contribution in [0.5, 0.6) is 0 Å². The van der Waals surface area contributed by atoms with E-state index in [0.717, 1.165) is 10.5 Å². The molecule has 2 aromatic rings. The molecule has 2 aromatic heterocycles. The van der Waals surface area contributed by atoms with Crippen LogP contribution in [0, 0.1) is 5.41 Å². The highest BCUT2D eigenvalue weighted by molar-refractivity contribution is 7.15. The maximum absolute atomic E-state index is 5.97.